The normalized spacial score (nSPS) is 15.1. The van der Waals surface area contributed by atoms with Gasteiger partial charge in [-0.3, -0.25) is 4.79 Å². The molecule has 5 nitrogen and oxygen atoms in total. The lowest BCUT2D eigenvalue weighted by Crippen LogP contribution is -2.37. The van der Waals surface area contributed by atoms with Gasteiger partial charge in [0, 0.05) is 30.2 Å². The lowest BCUT2D eigenvalue weighted by Gasteiger charge is -2.30. The predicted molar refractivity (Wildman–Crippen MR) is 116 cm³/mol. The third-order valence-electron chi connectivity index (χ3n) is 5.43. The van der Waals surface area contributed by atoms with Crippen molar-refractivity contribution in [3.05, 3.63) is 76.3 Å². The summed E-state index contributed by atoms with van der Waals surface area (Å²) in [6.45, 7) is 1.32. The van der Waals surface area contributed by atoms with Crippen LogP contribution >= 0.6 is 22.9 Å². The zero-order valence-corrected chi connectivity index (χ0v) is 17.5. The van der Waals surface area contributed by atoms with E-state index < -0.39 is 0 Å². The highest BCUT2D eigenvalue weighted by Gasteiger charge is 2.27. The molecule has 1 amide bonds. The van der Waals surface area contributed by atoms with Crippen molar-refractivity contribution in [3.8, 4) is 5.69 Å². The van der Waals surface area contributed by atoms with Gasteiger partial charge in [0.1, 0.15) is 11.5 Å². The molecule has 0 N–H and O–H groups in total. The lowest BCUT2D eigenvalue weighted by atomic mass is 9.97. The van der Waals surface area contributed by atoms with Gasteiger partial charge in [-0.2, -0.15) is 5.10 Å². The number of piperidine rings is 1. The summed E-state index contributed by atoms with van der Waals surface area (Å²) >= 11 is 7.77. The van der Waals surface area contributed by atoms with Crippen molar-refractivity contribution >= 4 is 39.1 Å². The molecule has 5 rings (SSSR count). The summed E-state index contributed by atoms with van der Waals surface area (Å²) in [6.07, 6.45) is 4.81. The Kier molecular flexibility index (Phi) is 5.00. The Morgan fingerprint density at radius 2 is 1.97 bits per heavy atom. The molecule has 0 radical (unpaired) electrons. The lowest BCUT2D eigenvalue weighted by molar-refractivity contribution is 0.0713. The summed E-state index contributed by atoms with van der Waals surface area (Å²) in [7, 11) is 0. The monoisotopic (exact) mass is 440 g/mol. The Bertz CT molecular complexity index is 1230. The first-order valence-electron chi connectivity index (χ1n) is 9.73. The number of likely N-dealkylation sites (tertiary alicyclic amines) is 1. The van der Waals surface area contributed by atoms with Gasteiger partial charge in [0.25, 0.3) is 5.91 Å². The Morgan fingerprint density at radius 3 is 2.77 bits per heavy atom. The number of thiazole rings is 1. The molecule has 1 aliphatic rings. The molecule has 1 fully saturated rings. The van der Waals surface area contributed by atoms with Gasteiger partial charge in [-0.05, 0) is 43.2 Å². The summed E-state index contributed by atoms with van der Waals surface area (Å²) in [5.41, 5.74) is 1.72. The van der Waals surface area contributed by atoms with E-state index in [1.807, 2.05) is 23.1 Å². The first-order chi connectivity index (χ1) is 14.6. The summed E-state index contributed by atoms with van der Waals surface area (Å²) in [4.78, 5) is 19.5. The van der Waals surface area contributed by atoms with E-state index >= 15 is 0 Å². The molecule has 4 aromatic rings. The first-order valence-corrected chi connectivity index (χ1v) is 10.9. The maximum absolute atomic E-state index is 14.0. The maximum atomic E-state index is 14.0. The van der Waals surface area contributed by atoms with Crippen LogP contribution < -0.4 is 0 Å². The minimum atomic E-state index is -0.377. The fraction of sp³-hybridized carbons (Fsp3) is 0.227. The van der Waals surface area contributed by atoms with Gasteiger partial charge in [0.15, 0.2) is 0 Å². The molecule has 152 valence electrons. The van der Waals surface area contributed by atoms with Gasteiger partial charge >= 0.3 is 0 Å². The highest BCUT2D eigenvalue weighted by molar-refractivity contribution is 7.18. The van der Waals surface area contributed by atoms with Crippen LogP contribution in [-0.4, -0.2) is 38.7 Å². The van der Waals surface area contributed by atoms with E-state index in [0.29, 0.717) is 35.3 Å². The SMILES string of the molecule is O=C(c1cnn(-c2ccccc2F)c1)N1CCC(c2nc3cc(Cl)ccc3s2)CC1. The molecule has 2 aromatic carbocycles. The van der Waals surface area contributed by atoms with Crippen LogP contribution in [0.1, 0.15) is 34.1 Å². The predicted octanol–water partition coefficient (Wildman–Crippen LogP) is 5.29. The maximum Gasteiger partial charge on any atom is 0.257 e. The fourth-order valence-electron chi connectivity index (χ4n) is 3.81. The van der Waals surface area contributed by atoms with Crippen LogP contribution in [-0.2, 0) is 0 Å². The molecule has 0 spiro atoms. The number of hydrogen-bond donors (Lipinski definition) is 0. The molecular weight excluding hydrogens is 423 g/mol. The van der Waals surface area contributed by atoms with Crippen molar-refractivity contribution in [3.63, 3.8) is 0 Å². The smallest absolute Gasteiger partial charge is 0.257 e. The van der Waals surface area contributed by atoms with Crippen LogP contribution in [0, 0.1) is 5.82 Å². The summed E-state index contributed by atoms with van der Waals surface area (Å²) in [6, 6.07) is 12.1. The molecule has 8 heteroatoms. The van der Waals surface area contributed by atoms with Crippen LogP contribution in [0.5, 0.6) is 0 Å². The summed E-state index contributed by atoms with van der Waals surface area (Å²) < 4.78 is 16.5. The van der Waals surface area contributed by atoms with E-state index in [4.69, 9.17) is 16.6 Å². The van der Waals surface area contributed by atoms with Crippen molar-refractivity contribution in [1.82, 2.24) is 19.7 Å². The molecule has 2 aromatic heterocycles. The van der Waals surface area contributed by atoms with Gasteiger partial charge in [-0.15, -0.1) is 11.3 Å². The number of fused-ring (bicyclic) bond motifs is 1. The van der Waals surface area contributed by atoms with Crippen LogP contribution in [0.2, 0.25) is 5.02 Å². The number of rotatable bonds is 3. The average molecular weight is 441 g/mol. The quantitative estimate of drug-likeness (QED) is 0.434. The molecule has 0 atom stereocenters. The van der Waals surface area contributed by atoms with E-state index in [-0.39, 0.29) is 11.7 Å². The number of halogens is 2. The second kappa shape index (κ2) is 7.81. The number of nitrogens with zero attached hydrogens (tertiary/aromatic N) is 4. The van der Waals surface area contributed by atoms with Crippen molar-refractivity contribution in [2.45, 2.75) is 18.8 Å². The number of benzene rings is 2. The molecule has 0 saturated carbocycles. The zero-order valence-electron chi connectivity index (χ0n) is 16.0. The van der Waals surface area contributed by atoms with Crippen molar-refractivity contribution in [2.24, 2.45) is 0 Å². The second-order valence-corrected chi connectivity index (χ2v) is 8.85. The largest absolute Gasteiger partial charge is 0.339 e. The molecule has 1 saturated heterocycles. The molecule has 0 unspecified atom stereocenters. The van der Waals surface area contributed by atoms with Gasteiger partial charge in [0.05, 0.1) is 27.0 Å². The topological polar surface area (TPSA) is 51.0 Å². The molecule has 0 aliphatic carbocycles. The van der Waals surface area contributed by atoms with Crippen LogP contribution in [0.15, 0.2) is 54.9 Å². The van der Waals surface area contributed by atoms with Crippen LogP contribution in [0.3, 0.4) is 0 Å². The van der Waals surface area contributed by atoms with E-state index in [2.05, 4.69) is 5.10 Å². The summed E-state index contributed by atoms with van der Waals surface area (Å²) in [5, 5.41) is 5.96. The highest BCUT2D eigenvalue weighted by atomic mass is 35.5. The van der Waals surface area contributed by atoms with Gasteiger partial charge < -0.3 is 4.90 Å². The minimum absolute atomic E-state index is 0.0767. The van der Waals surface area contributed by atoms with Crippen molar-refractivity contribution in [2.75, 3.05) is 13.1 Å². The number of aromatic nitrogens is 3. The molecule has 1 aliphatic heterocycles. The Balaban J connectivity index is 1.27. The first kappa shape index (κ1) is 19.2. The summed E-state index contributed by atoms with van der Waals surface area (Å²) in [5.74, 6) is -0.115. The van der Waals surface area contributed by atoms with Crippen LogP contribution in [0.25, 0.3) is 15.9 Å². The van der Waals surface area contributed by atoms with Gasteiger partial charge in [0.2, 0.25) is 0 Å². The van der Waals surface area contributed by atoms with Crippen molar-refractivity contribution < 1.29 is 9.18 Å². The minimum Gasteiger partial charge on any atom is -0.339 e. The molecule has 3 heterocycles. The zero-order chi connectivity index (χ0) is 20.7. The number of amides is 1. The van der Waals surface area contributed by atoms with E-state index in [9.17, 15) is 9.18 Å². The molecular formula is C22H18ClFN4OS. The highest BCUT2D eigenvalue weighted by Crippen LogP contribution is 2.35. The average Bonchev–Trinajstić information content (AvgIpc) is 3.41. The third-order valence-corrected chi connectivity index (χ3v) is 6.86. The standard InChI is InChI=1S/C22H18ClFN4OS/c23-16-5-6-20-18(11-16)26-21(30-20)14-7-9-27(10-8-14)22(29)15-12-25-28(13-15)19-4-2-1-3-17(19)24/h1-6,11-14H,7-10H2. The van der Waals surface area contributed by atoms with Crippen LogP contribution in [0.4, 0.5) is 4.39 Å². The van der Waals surface area contributed by atoms with E-state index in [1.54, 1.807) is 35.7 Å². The Morgan fingerprint density at radius 1 is 1.17 bits per heavy atom. The van der Waals surface area contributed by atoms with E-state index in [1.165, 1.54) is 16.9 Å². The molecule has 30 heavy (non-hydrogen) atoms. The Hall–Kier alpha value is -2.77. The van der Waals surface area contributed by atoms with Crippen molar-refractivity contribution in [1.29, 1.82) is 0 Å². The second-order valence-electron chi connectivity index (χ2n) is 7.36. The van der Waals surface area contributed by atoms with Gasteiger partial charge in [-0.25, -0.2) is 14.1 Å². The number of carbonyl (C=O) groups is 1. The molecule has 0 bridgehead atoms. The van der Waals surface area contributed by atoms with E-state index in [0.717, 1.165) is 28.1 Å². The van der Waals surface area contributed by atoms with Gasteiger partial charge in [-0.1, -0.05) is 23.7 Å². The number of hydrogen-bond acceptors (Lipinski definition) is 4. The third kappa shape index (κ3) is 3.59. The Labute approximate surface area is 181 Å². The number of carbonyl (C=O) groups excluding carboxylic acids is 1. The fourth-order valence-corrected chi connectivity index (χ4v) is 5.09. The number of para-hydroxylation sites is 1.